The monoisotopic (exact) mass is 277 g/mol. The van der Waals surface area contributed by atoms with Crippen molar-refractivity contribution in [2.45, 2.75) is 45.6 Å². The highest BCUT2D eigenvalue weighted by Gasteiger charge is 2.28. The maximum atomic E-state index is 11.7. The van der Waals surface area contributed by atoms with Crippen molar-refractivity contribution in [3.05, 3.63) is 24.3 Å². The van der Waals surface area contributed by atoms with E-state index in [-0.39, 0.29) is 18.7 Å². The van der Waals surface area contributed by atoms with E-state index < -0.39 is 0 Å². The van der Waals surface area contributed by atoms with Crippen molar-refractivity contribution in [1.82, 2.24) is 0 Å². The standard InChI is InChI=1S/C16H23NO3/c1-16(2)9-7-14(8-10-16)20-15(18)11-19-13-5-3-12(17)4-6-13/h3-6,14H,7-11,17H2,1-2H3. The molecule has 0 bridgehead atoms. The lowest BCUT2D eigenvalue weighted by Gasteiger charge is -2.33. The lowest BCUT2D eigenvalue weighted by molar-refractivity contribution is -0.154. The van der Waals surface area contributed by atoms with Gasteiger partial charge >= 0.3 is 5.97 Å². The first-order chi connectivity index (χ1) is 9.44. The summed E-state index contributed by atoms with van der Waals surface area (Å²) in [6, 6.07) is 6.96. The first kappa shape index (κ1) is 14.7. The zero-order valence-electron chi connectivity index (χ0n) is 12.2. The van der Waals surface area contributed by atoms with Crippen LogP contribution in [-0.2, 0) is 9.53 Å². The number of rotatable bonds is 4. The van der Waals surface area contributed by atoms with Gasteiger partial charge in [-0.15, -0.1) is 0 Å². The molecule has 2 N–H and O–H groups in total. The third kappa shape index (κ3) is 4.44. The second kappa shape index (κ2) is 6.16. The lowest BCUT2D eigenvalue weighted by Crippen LogP contribution is -2.30. The summed E-state index contributed by atoms with van der Waals surface area (Å²) in [7, 11) is 0. The number of nitrogens with two attached hydrogens (primary N) is 1. The van der Waals surface area contributed by atoms with Gasteiger partial charge in [-0.25, -0.2) is 4.79 Å². The van der Waals surface area contributed by atoms with Crippen molar-refractivity contribution < 1.29 is 14.3 Å². The van der Waals surface area contributed by atoms with Crippen LogP contribution in [0.5, 0.6) is 5.75 Å². The summed E-state index contributed by atoms with van der Waals surface area (Å²) < 4.78 is 10.8. The summed E-state index contributed by atoms with van der Waals surface area (Å²) >= 11 is 0. The van der Waals surface area contributed by atoms with Gasteiger partial charge in [0.15, 0.2) is 6.61 Å². The van der Waals surface area contributed by atoms with Gasteiger partial charge in [0.25, 0.3) is 0 Å². The smallest absolute Gasteiger partial charge is 0.344 e. The molecule has 4 heteroatoms. The molecule has 110 valence electrons. The number of carbonyl (C=O) groups is 1. The summed E-state index contributed by atoms with van der Waals surface area (Å²) in [6.45, 7) is 4.47. The van der Waals surface area contributed by atoms with Crippen LogP contribution in [0.25, 0.3) is 0 Å². The second-order valence-corrected chi connectivity index (χ2v) is 6.21. The van der Waals surface area contributed by atoms with E-state index in [2.05, 4.69) is 13.8 Å². The Balaban J connectivity index is 1.72. The van der Waals surface area contributed by atoms with E-state index in [1.165, 1.54) is 0 Å². The minimum absolute atomic E-state index is 0.0468. The van der Waals surface area contributed by atoms with Gasteiger partial charge in [0.1, 0.15) is 11.9 Å². The lowest BCUT2D eigenvalue weighted by atomic mass is 9.76. The van der Waals surface area contributed by atoms with Crippen LogP contribution in [0.2, 0.25) is 0 Å². The van der Waals surface area contributed by atoms with E-state index in [0.717, 1.165) is 25.7 Å². The molecule has 0 aromatic heterocycles. The van der Waals surface area contributed by atoms with Crippen molar-refractivity contribution >= 4 is 11.7 Å². The van der Waals surface area contributed by atoms with Crippen LogP contribution in [0.4, 0.5) is 5.69 Å². The number of nitrogen functional groups attached to an aromatic ring is 1. The van der Waals surface area contributed by atoms with Gasteiger partial charge < -0.3 is 15.2 Å². The molecule has 2 rings (SSSR count). The van der Waals surface area contributed by atoms with Crippen LogP contribution < -0.4 is 10.5 Å². The van der Waals surface area contributed by atoms with Crippen LogP contribution >= 0.6 is 0 Å². The van der Waals surface area contributed by atoms with E-state index in [4.69, 9.17) is 15.2 Å². The minimum atomic E-state index is -0.300. The Morgan fingerprint density at radius 1 is 1.25 bits per heavy atom. The highest BCUT2D eigenvalue weighted by Crippen LogP contribution is 2.36. The van der Waals surface area contributed by atoms with Crippen LogP contribution in [0.15, 0.2) is 24.3 Å². The van der Waals surface area contributed by atoms with E-state index in [1.807, 2.05) is 0 Å². The van der Waals surface area contributed by atoms with E-state index in [1.54, 1.807) is 24.3 Å². The molecule has 0 amide bonds. The number of benzene rings is 1. The maximum absolute atomic E-state index is 11.7. The third-order valence-corrected chi connectivity index (χ3v) is 3.82. The molecule has 4 nitrogen and oxygen atoms in total. The van der Waals surface area contributed by atoms with Gasteiger partial charge in [0.05, 0.1) is 0 Å². The molecular weight excluding hydrogens is 254 g/mol. The second-order valence-electron chi connectivity index (χ2n) is 6.21. The Hall–Kier alpha value is -1.71. The van der Waals surface area contributed by atoms with E-state index in [9.17, 15) is 4.79 Å². The molecule has 1 aromatic carbocycles. The molecule has 1 saturated carbocycles. The third-order valence-electron chi connectivity index (χ3n) is 3.82. The number of hydrogen-bond acceptors (Lipinski definition) is 4. The molecule has 0 radical (unpaired) electrons. The van der Waals surface area contributed by atoms with Crippen LogP contribution in [0.1, 0.15) is 39.5 Å². The van der Waals surface area contributed by atoms with Gasteiger partial charge in [-0.3, -0.25) is 0 Å². The highest BCUT2D eigenvalue weighted by molar-refractivity contribution is 5.71. The number of esters is 1. The normalized spacial score (nSPS) is 18.5. The Morgan fingerprint density at radius 3 is 2.45 bits per heavy atom. The molecular formula is C16H23NO3. The molecule has 0 spiro atoms. The quantitative estimate of drug-likeness (QED) is 0.678. The Morgan fingerprint density at radius 2 is 1.85 bits per heavy atom. The molecule has 0 heterocycles. The fraction of sp³-hybridized carbons (Fsp3) is 0.562. The molecule has 20 heavy (non-hydrogen) atoms. The van der Waals surface area contributed by atoms with Gasteiger partial charge in [-0.2, -0.15) is 0 Å². The van der Waals surface area contributed by atoms with Crippen LogP contribution in [-0.4, -0.2) is 18.7 Å². The van der Waals surface area contributed by atoms with Crippen molar-refractivity contribution in [3.8, 4) is 5.75 Å². The van der Waals surface area contributed by atoms with Gasteiger partial charge in [-0.05, 0) is 55.4 Å². The molecule has 0 saturated heterocycles. The molecule has 0 atom stereocenters. The fourth-order valence-electron chi connectivity index (χ4n) is 2.42. The van der Waals surface area contributed by atoms with Crippen LogP contribution in [0.3, 0.4) is 0 Å². The largest absolute Gasteiger partial charge is 0.482 e. The first-order valence-electron chi connectivity index (χ1n) is 7.12. The predicted octanol–water partition coefficient (Wildman–Crippen LogP) is 3.16. The molecule has 1 aliphatic carbocycles. The van der Waals surface area contributed by atoms with Gasteiger partial charge in [0.2, 0.25) is 0 Å². The van der Waals surface area contributed by atoms with Crippen molar-refractivity contribution in [2.75, 3.05) is 12.3 Å². The Kier molecular flexibility index (Phi) is 4.53. The topological polar surface area (TPSA) is 61.5 Å². The summed E-state index contributed by atoms with van der Waals surface area (Å²) in [5.74, 6) is 0.326. The average molecular weight is 277 g/mol. The summed E-state index contributed by atoms with van der Waals surface area (Å²) in [5, 5.41) is 0. The number of carbonyl (C=O) groups excluding carboxylic acids is 1. The Labute approximate surface area is 120 Å². The number of ether oxygens (including phenoxy) is 2. The van der Waals surface area contributed by atoms with Crippen molar-refractivity contribution in [1.29, 1.82) is 0 Å². The minimum Gasteiger partial charge on any atom is -0.482 e. The Bertz CT molecular complexity index is 443. The van der Waals surface area contributed by atoms with E-state index in [0.29, 0.717) is 16.9 Å². The molecule has 0 unspecified atom stereocenters. The van der Waals surface area contributed by atoms with Gasteiger partial charge in [-0.1, -0.05) is 13.8 Å². The van der Waals surface area contributed by atoms with Crippen molar-refractivity contribution in [2.24, 2.45) is 5.41 Å². The average Bonchev–Trinajstić information content (AvgIpc) is 2.41. The number of anilines is 1. The predicted molar refractivity (Wildman–Crippen MR) is 78.5 cm³/mol. The molecule has 1 fully saturated rings. The van der Waals surface area contributed by atoms with Gasteiger partial charge in [0, 0.05) is 5.69 Å². The van der Waals surface area contributed by atoms with Crippen LogP contribution in [0, 0.1) is 5.41 Å². The zero-order chi connectivity index (χ0) is 14.6. The summed E-state index contributed by atoms with van der Waals surface area (Å²) in [6.07, 6.45) is 4.14. The number of hydrogen-bond donors (Lipinski definition) is 1. The van der Waals surface area contributed by atoms with Crippen molar-refractivity contribution in [3.63, 3.8) is 0 Å². The molecule has 0 aliphatic heterocycles. The first-order valence-corrected chi connectivity index (χ1v) is 7.12. The summed E-state index contributed by atoms with van der Waals surface area (Å²) in [5.41, 5.74) is 6.63. The SMILES string of the molecule is CC1(C)CCC(OC(=O)COc2ccc(N)cc2)CC1. The maximum Gasteiger partial charge on any atom is 0.344 e. The van der Waals surface area contributed by atoms with E-state index >= 15 is 0 Å². The highest BCUT2D eigenvalue weighted by atomic mass is 16.6. The fourth-order valence-corrected chi connectivity index (χ4v) is 2.42. The zero-order valence-corrected chi connectivity index (χ0v) is 12.2. The molecule has 1 aromatic rings. The molecule has 1 aliphatic rings. The summed E-state index contributed by atoms with van der Waals surface area (Å²) in [4.78, 5) is 11.7.